The Balaban J connectivity index is 2.31. The van der Waals surface area contributed by atoms with Gasteiger partial charge in [-0.1, -0.05) is 18.2 Å². The fourth-order valence-electron chi connectivity index (χ4n) is 2.18. The molecule has 1 fully saturated rings. The lowest BCUT2D eigenvalue weighted by molar-refractivity contribution is -0.139. The molecule has 2 atom stereocenters. The molecule has 1 aromatic carbocycles. The topological polar surface area (TPSA) is 12.0 Å². The zero-order valence-electron chi connectivity index (χ0n) is 9.10. The molecule has 0 aromatic heterocycles. The molecule has 0 saturated carbocycles. The van der Waals surface area contributed by atoms with Crippen molar-refractivity contribution >= 4 is 0 Å². The van der Waals surface area contributed by atoms with Gasteiger partial charge < -0.3 is 5.32 Å². The molecule has 1 saturated heterocycles. The monoisotopic (exact) mass is 247 g/mol. The summed E-state index contributed by atoms with van der Waals surface area (Å²) in [7, 11) is 0. The third-order valence-corrected chi connectivity index (χ3v) is 3.08. The van der Waals surface area contributed by atoms with Crippen LogP contribution in [0.25, 0.3) is 0 Å². The van der Waals surface area contributed by atoms with Crippen molar-refractivity contribution in [1.82, 2.24) is 5.32 Å². The maximum Gasteiger partial charge on any atom is 0.416 e. The van der Waals surface area contributed by atoms with Crippen LogP contribution in [0.3, 0.4) is 0 Å². The van der Waals surface area contributed by atoms with Gasteiger partial charge in [0.25, 0.3) is 0 Å². The molecule has 1 aromatic rings. The molecule has 1 N–H and O–H groups in total. The summed E-state index contributed by atoms with van der Waals surface area (Å²) in [6.07, 6.45) is -5.47. The maximum absolute atomic E-state index is 14.1. The first-order valence-electron chi connectivity index (χ1n) is 5.51. The van der Waals surface area contributed by atoms with E-state index in [-0.39, 0.29) is 11.5 Å². The van der Waals surface area contributed by atoms with Gasteiger partial charge in [0.05, 0.1) is 5.56 Å². The SMILES string of the molecule is FC(c1ccccc1C(F)(F)F)C1CCNC1. The first-order chi connectivity index (χ1) is 8.00. The predicted molar refractivity (Wildman–Crippen MR) is 56.3 cm³/mol. The molecule has 5 heteroatoms. The van der Waals surface area contributed by atoms with E-state index in [2.05, 4.69) is 5.32 Å². The molecule has 2 rings (SSSR count). The number of halogens is 4. The fourth-order valence-corrected chi connectivity index (χ4v) is 2.18. The highest BCUT2D eigenvalue weighted by Gasteiger charge is 2.37. The van der Waals surface area contributed by atoms with Crippen molar-refractivity contribution < 1.29 is 17.6 Å². The molecular weight excluding hydrogens is 234 g/mol. The quantitative estimate of drug-likeness (QED) is 0.790. The van der Waals surface area contributed by atoms with Crippen LogP contribution in [0.15, 0.2) is 24.3 Å². The van der Waals surface area contributed by atoms with E-state index in [0.29, 0.717) is 19.5 Å². The van der Waals surface area contributed by atoms with E-state index in [1.807, 2.05) is 0 Å². The van der Waals surface area contributed by atoms with E-state index >= 15 is 0 Å². The summed E-state index contributed by atoms with van der Waals surface area (Å²) in [5, 5.41) is 2.96. The minimum absolute atomic E-state index is 0.242. The average Bonchev–Trinajstić information content (AvgIpc) is 2.80. The van der Waals surface area contributed by atoms with Crippen molar-refractivity contribution in [1.29, 1.82) is 0 Å². The highest BCUT2D eigenvalue weighted by Crippen LogP contribution is 2.39. The Kier molecular flexibility index (Phi) is 3.38. The van der Waals surface area contributed by atoms with Crippen molar-refractivity contribution in [3.8, 4) is 0 Å². The van der Waals surface area contributed by atoms with Gasteiger partial charge in [-0.05, 0) is 24.6 Å². The summed E-state index contributed by atoms with van der Waals surface area (Å²) in [5.74, 6) is -0.363. The number of hydrogen-bond acceptors (Lipinski definition) is 1. The molecule has 1 nitrogen and oxygen atoms in total. The Hall–Kier alpha value is -1.10. The van der Waals surface area contributed by atoms with E-state index < -0.39 is 17.9 Å². The van der Waals surface area contributed by atoms with Crippen molar-refractivity contribution in [3.63, 3.8) is 0 Å². The summed E-state index contributed by atoms with van der Waals surface area (Å²) in [6.45, 7) is 1.10. The molecular formula is C12H13F4N. The van der Waals surface area contributed by atoms with Crippen LogP contribution in [-0.4, -0.2) is 13.1 Å². The van der Waals surface area contributed by atoms with E-state index in [1.54, 1.807) is 0 Å². The maximum atomic E-state index is 14.1. The standard InChI is InChI=1S/C12H13F4N/c13-11(8-5-6-17-7-8)9-3-1-2-4-10(9)12(14,15)16/h1-4,8,11,17H,5-7H2. The third kappa shape index (κ3) is 2.60. The summed E-state index contributed by atoms with van der Waals surface area (Å²) in [4.78, 5) is 0. The Bertz CT molecular complexity index is 382. The normalized spacial score (nSPS) is 22.7. The lowest BCUT2D eigenvalue weighted by Gasteiger charge is -2.19. The Morgan fingerprint density at radius 2 is 1.94 bits per heavy atom. The van der Waals surface area contributed by atoms with Gasteiger partial charge in [0.2, 0.25) is 0 Å². The number of benzene rings is 1. The molecule has 1 aliphatic rings. The number of hydrogen-bond donors (Lipinski definition) is 1. The van der Waals surface area contributed by atoms with Crippen molar-refractivity contribution in [2.45, 2.75) is 18.8 Å². The van der Waals surface area contributed by atoms with Crippen LogP contribution in [0.1, 0.15) is 23.7 Å². The summed E-state index contributed by atoms with van der Waals surface area (Å²) < 4.78 is 52.2. The van der Waals surface area contributed by atoms with E-state index in [0.717, 1.165) is 6.07 Å². The predicted octanol–water partition coefficient (Wildman–Crippen LogP) is 3.33. The van der Waals surface area contributed by atoms with Gasteiger partial charge in [0, 0.05) is 12.5 Å². The highest BCUT2D eigenvalue weighted by molar-refractivity contribution is 5.32. The van der Waals surface area contributed by atoms with E-state index in [1.165, 1.54) is 18.2 Å². The van der Waals surface area contributed by atoms with Gasteiger partial charge in [0.1, 0.15) is 6.17 Å². The summed E-state index contributed by atoms with van der Waals surface area (Å²) in [5.41, 5.74) is -1.10. The molecule has 94 valence electrons. The lowest BCUT2D eigenvalue weighted by Crippen LogP contribution is -2.17. The van der Waals surface area contributed by atoms with Gasteiger partial charge in [-0.3, -0.25) is 0 Å². The molecule has 1 aliphatic heterocycles. The van der Waals surface area contributed by atoms with Crippen LogP contribution in [-0.2, 0) is 6.18 Å². The minimum atomic E-state index is -4.49. The smallest absolute Gasteiger partial charge is 0.316 e. The molecule has 2 unspecified atom stereocenters. The fraction of sp³-hybridized carbons (Fsp3) is 0.500. The molecule has 0 aliphatic carbocycles. The van der Waals surface area contributed by atoms with E-state index in [9.17, 15) is 17.6 Å². The zero-order valence-corrected chi connectivity index (χ0v) is 9.10. The van der Waals surface area contributed by atoms with Gasteiger partial charge in [-0.2, -0.15) is 13.2 Å². The Labute approximate surface area is 96.8 Å². The van der Waals surface area contributed by atoms with Crippen LogP contribution >= 0.6 is 0 Å². The second-order valence-electron chi connectivity index (χ2n) is 4.24. The second kappa shape index (κ2) is 4.64. The molecule has 0 radical (unpaired) electrons. The summed E-state index contributed by atoms with van der Waals surface area (Å²) >= 11 is 0. The Morgan fingerprint density at radius 3 is 2.53 bits per heavy atom. The van der Waals surface area contributed by atoms with Crippen LogP contribution in [0.2, 0.25) is 0 Å². The number of nitrogens with one attached hydrogen (secondary N) is 1. The summed E-state index contributed by atoms with van der Waals surface area (Å²) in [6, 6.07) is 4.89. The number of rotatable bonds is 2. The van der Waals surface area contributed by atoms with Gasteiger partial charge in [0.15, 0.2) is 0 Å². The van der Waals surface area contributed by atoms with E-state index in [4.69, 9.17) is 0 Å². The molecule has 0 spiro atoms. The van der Waals surface area contributed by atoms with Crippen molar-refractivity contribution in [2.75, 3.05) is 13.1 Å². The van der Waals surface area contributed by atoms with Crippen molar-refractivity contribution in [2.24, 2.45) is 5.92 Å². The first kappa shape index (κ1) is 12.4. The zero-order chi connectivity index (χ0) is 12.5. The molecule has 17 heavy (non-hydrogen) atoms. The van der Waals surface area contributed by atoms with Crippen LogP contribution in [0, 0.1) is 5.92 Å². The Morgan fingerprint density at radius 1 is 1.24 bits per heavy atom. The largest absolute Gasteiger partial charge is 0.416 e. The molecule has 0 amide bonds. The minimum Gasteiger partial charge on any atom is -0.316 e. The molecule has 0 bridgehead atoms. The highest BCUT2D eigenvalue weighted by atomic mass is 19.4. The average molecular weight is 247 g/mol. The van der Waals surface area contributed by atoms with Crippen LogP contribution in [0.4, 0.5) is 17.6 Å². The third-order valence-electron chi connectivity index (χ3n) is 3.08. The van der Waals surface area contributed by atoms with Crippen LogP contribution < -0.4 is 5.32 Å². The first-order valence-corrected chi connectivity index (χ1v) is 5.51. The van der Waals surface area contributed by atoms with Gasteiger partial charge >= 0.3 is 6.18 Å². The van der Waals surface area contributed by atoms with Gasteiger partial charge in [-0.15, -0.1) is 0 Å². The van der Waals surface area contributed by atoms with Crippen LogP contribution in [0.5, 0.6) is 0 Å². The molecule has 1 heterocycles. The number of alkyl halides is 4. The second-order valence-corrected chi connectivity index (χ2v) is 4.24. The lowest BCUT2D eigenvalue weighted by atomic mass is 9.93. The van der Waals surface area contributed by atoms with Crippen molar-refractivity contribution in [3.05, 3.63) is 35.4 Å². The van der Waals surface area contributed by atoms with Gasteiger partial charge in [-0.25, -0.2) is 4.39 Å².